The van der Waals surface area contributed by atoms with Crippen LogP contribution >= 0.6 is 0 Å². The Morgan fingerprint density at radius 1 is 1.16 bits per heavy atom. The van der Waals surface area contributed by atoms with Crippen LogP contribution < -0.4 is 4.90 Å². The first-order valence-electron chi connectivity index (χ1n) is 5.71. The Balaban J connectivity index is 2.23. The molecule has 2 amide bonds. The van der Waals surface area contributed by atoms with Gasteiger partial charge in [0, 0.05) is 31.4 Å². The third-order valence-corrected chi connectivity index (χ3v) is 2.87. The summed E-state index contributed by atoms with van der Waals surface area (Å²) < 4.78 is 26.0. The average Bonchev–Trinajstić information content (AvgIpc) is 2.39. The molecule has 6 heteroatoms. The maximum Gasteiger partial charge on any atom is 0.316 e. The molecule has 0 saturated carbocycles. The van der Waals surface area contributed by atoms with Crippen LogP contribution in [0.2, 0.25) is 0 Å². The number of anilines is 1. The van der Waals surface area contributed by atoms with Gasteiger partial charge < -0.3 is 9.80 Å². The van der Waals surface area contributed by atoms with Crippen molar-refractivity contribution in [2.24, 2.45) is 0 Å². The Morgan fingerprint density at radius 2 is 1.89 bits per heavy atom. The summed E-state index contributed by atoms with van der Waals surface area (Å²) >= 11 is 0. The predicted octanol–water partition coefficient (Wildman–Crippen LogP) is 1.33. The van der Waals surface area contributed by atoms with Crippen molar-refractivity contribution in [3.05, 3.63) is 42.5 Å². The van der Waals surface area contributed by atoms with Crippen molar-refractivity contribution in [2.75, 3.05) is 24.5 Å². The van der Waals surface area contributed by atoms with Crippen molar-refractivity contribution in [3.63, 3.8) is 0 Å². The molecule has 0 aromatic heterocycles. The highest BCUT2D eigenvalue weighted by atomic mass is 19.2. The van der Waals surface area contributed by atoms with E-state index in [4.69, 9.17) is 0 Å². The van der Waals surface area contributed by atoms with E-state index in [2.05, 4.69) is 6.58 Å². The molecule has 1 aliphatic rings. The lowest BCUT2D eigenvalue weighted by Gasteiger charge is -2.33. The molecule has 0 unspecified atom stereocenters. The fourth-order valence-corrected chi connectivity index (χ4v) is 1.90. The van der Waals surface area contributed by atoms with E-state index in [-0.39, 0.29) is 18.8 Å². The van der Waals surface area contributed by atoms with Crippen LogP contribution in [0.15, 0.2) is 30.9 Å². The monoisotopic (exact) mass is 266 g/mol. The zero-order chi connectivity index (χ0) is 14.0. The third kappa shape index (κ3) is 2.47. The van der Waals surface area contributed by atoms with Gasteiger partial charge in [0.1, 0.15) is 0 Å². The van der Waals surface area contributed by atoms with Gasteiger partial charge in [-0.25, -0.2) is 8.78 Å². The number of piperazine rings is 1. The van der Waals surface area contributed by atoms with Crippen molar-refractivity contribution in [1.82, 2.24) is 4.90 Å². The van der Waals surface area contributed by atoms with Gasteiger partial charge in [0.05, 0.1) is 0 Å². The summed E-state index contributed by atoms with van der Waals surface area (Å²) in [6, 6.07) is 3.11. The minimum Gasteiger partial charge on any atom is -0.329 e. The van der Waals surface area contributed by atoms with E-state index in [1.54, 1.807) is 0 Å². The largest absolute Gasteiger partial charge is 0.329 e. The number of halogens is 2. The van der Waals surface area contributed by atoms with Crippen LogP contribution in [-0.4, -0.2) is 36.3 Å². The van der Waals surface area contributed by atoms with Crippen LogP contribution in [-0.2, 0) is 9.59 Å². The van der Waals surface area contributed by atoms with E-state index in [0.29, 0.717) is 6.54 Å². The average molecular weight is 266 g/mol. The molecule has 100 valence electrons. The Bertz CT molecular complexity index is 545. The van der Waals surface area contributed by atoms with Crippen LogP contribution in [0.5, 0.6) is 0 Å². The SMILES string of the molecule is C=CCN1CCN(c2ccc(F)c(F)c2)C(=O)C1=O. The van der Waals surface area contributed by atoms with Crippen LogP contribution in [0.25, 0.3) is 0 Å². The number of carbonyl (C=O) groups excluding carboxylic acids is 2. The smallest absolute Gasteiger partial charge is 0.316 e. The van der Waals surface area contributed by atoms with Crippen molar-refractivity contribution in [3.8, 4) is 0 Å². The molecule has 19 heavy (non-hydrogen) atoms. The first-order valence-corrected chi connectivity index (χ1v) is 5.71. The second kappa shape index (κ2) is 5.17. The fraction of sp³-hybridized carbons (Fsp3) is 0.231. The summed E-state index contributed by atoms with van der Waals surface area (Å²) in [6.07, 6.45) is 1.53. The summed E-state index contributed by atoms with van der Waals surface area (Å²) in [7, 11) is 0. The summed E-state index contributed by atoms with van der Waals surface area (Å²) in [5.41, 5.74) is 0.176. The molecule has 0 aliphatic carbocycles. The fourth-order valence-electron chi connectivity index (χ4n) is 1.90. The van der Waals surface area contributed by atoms with Crippen LogP contribution in [0.1, 0.15) is 0 Å². The number of rotatable bonds is 3. The highest BCUT2D eigenvalue weighted by Crippen LogP contribution is 2.20. The van der Waals surface area contributed by atoms with Gasteiger partial charge in [0.25, 0.3) is 0 Å². The van der Waals surface area contributed by atoms with Crippen LogP contribution in [0.4, 0.5) is 14.5 Å². The molecule has 2 rings (SSSR count). The first-order chi connectivity index (χ1) is 9.04. The Hall–Kier alpha value is -2.24. The maximum absolute atomic E-state index is 13.1. The Morgan fingerprint density at radius 3 is 2.53 bits per heavy atom. The second-order valence-electron chi connectivity index (χ2n) is 4.10. The normalized spacial score (nSPS) is 15.9. The lowest BCUT2D eigenvalue weighted by atomic mass is 10.2. The Kier molecular flexibility index (Phi) is 3.59. The van der Waals surface area contributed by atoms with E-state index in [9.17, 15) is 18.4 Å². The molecular weight excluding hydrogens is 254 g/mol. The Labute approximate surface area is 108 Å². The van der Waals surface area contributed by atoms with Crippen molar-refractivity contribution in [1.29, 1.82) is 0 Å². The molecule has 1 aromatic carbocycles. The molecule has 0 N–H and O–H groups in total. The second-order valence-corrected chi connectivity index (χ2v) is 4.10. The number of nitrogens with zero attached hydrogens (tertiary/aromatic N) is 2. The van der Waals surface area contributed by atoms with Crippen LogP contribution in [0, 0.1) is 11.6 Å². The van der Waals surface area contributed by atoms with Gasteiger partial charge in [0.15, 0.2) is 11.6 Å². The zero-order valence-electron chi connectivity index (χ0n) is 10.1. The van der Waals surface area contributed by atoms with Gasteiger partial charge in [-0.2, -0.15) is 0 Å². The highest BCUT2D eigenvalue weighted by molar-refractivity contribution is 6.41. The van der Waals surface area contributed by atoms with E-state index in [1.165, 1.54) is 17.0 Å². The molecule has 0 bridgehead atoms. The molecule has 0 radical (unpaired) electrons. The minimum absolute atomic E-state index is 0.176. The molecule has 1 saturated heterocycles. The van der Waals surface area contributed by atoms with Gasteiger partial charge >= 0.3 is 11.8 Å². The number of hydrogen-bond donors (Lipinski definition) is 0. The van der Waals surface area contributed by atoms with Crippen LogP contribution in [0.3, 0.4) is 0 Å². The standard InChI is InChI=1S/C13H12F2N2O2/c1-2-5-16-6-7-17(13(19)12(16)18)9-3-4-10(14)11(15)8-9/h2-4,8H,1,5-7H2. The third-order valence-electron chi connectivity index (χ3n) is 2.87. The molecule has 0 atom stereocenters. The van der Waals surface area contributed by atoms with E-state index >= 15 is 0 Å². The molecule has 1 aliphatic heterocycles. The molecular formula is C13H12F2N2O2. The lowest BCUT2D eigenvalue weighted by molar-refractivity contribution is -0.145. The maximum atomic E-state index is 13.1. The van der Waals surface area contributed by atoms with Gasteiger partial charge in [0.2, 0.25) is 0 Å². The van der Waals surface area contributed by atoms with E-state index in [0.717, 1.165) is 17.0 Å². The minimum atomic E-state index is -1.05. The summed E-state index contributed by atoms with van der Waals surface area (Å²) in [5.74, 6) is -3.46. The molecule has 1 fully saturated rings. The molecule has 1 aromatic rings. The number of carbonyl (C=O) groups is 2. The highest BCUT2D eigenvalue weighted by Gasteiger charge is 2.32. The molecule has 0 spiro atoms. The lowest BCUT2D eigenvalue weighted by Crippen LogP contribution is -2.54. The summed E-state index contributed by atoms with van der Waals surface area (Å²) in [4.78, 5) is 26.2. The number of amides is 2. The summed E-state index contributed by atoms with van der Waals surface area (Å²) in [5, 5.41) is 0. The molecule has 1 heterocycles. The van der Waals surface area contributed by atoms with Gasteiger partial charge in [-0.15, -0.1) is 6.58 Å². The van der Waals surface area contributed by atoms with Gasteiger partial charge in [-0.1, -0.05) is 6.08 Å². The quantitative estimate of drug-likeness (QED) is 0.611. The van der Waals surface area contributed by atoms with E-state index in [1.807, 2.05) is 0 Å². The van der Waals surface area contributed by atoms with Gasteiger partial charge in [-0.05, 0) is 12.1 Å². The van der Waals surface area contributed by atoms with Crippen molar-refractivity contribution < 1.29 is 18.4 Å². The van der Waals surface area contributed by atoms with Gasteiger partial charge in [-0.3, -0.25) is 9.59 Å². The zero-order valence-corrected chi connectivity index (χ0v) is 10.1. The van der Waals surface area contributed by atoms with E-state index < -0.39 is 23.4 Å². The first kappa shape index (κ1) is 13.2. The number of hydrogen-bond acceptors (Lipinski definition) is 2. The molecule has 4 nitrogen and oxygen atoms in total. The topological polar surface area (TPSA) is 40.6 Å². The number of benzene rings is 1. The van der Waals surface area contributed by atoms with Crippen molar-refractivity contribution in [2.45, 2.75) is 0 Å². The summed E-state index contributed by atoms with van der Waals surface area (Å²) in [6.45, 7) is 4.36. The van der Waals surface area contributed by atoms with Crippen molar-refractivity contribution >= 4 is 17.5 Å². The predicted molar refractivity (Wildman–Crippen MR) is 65.5 cm³/mol.